The Bertz CT molecular complexity index is 118. The Morgan fingerprint density at radius 2 is 2.00 bits per heavy atom. The van der Waals surface area contributed by atoms with Gasteiger partial charge in [0.05, 0.1) is 6.61 Å². The molecule has 0 aliphatic carbocycles. The van der Waals surface area contributed by atoms with Crippen molar-refractivity contribution in [3.8, 4) is 0 Å². The van der Waals surface area contributed by atoms with E-state index in [1.165, 1.54) is 0 Å². The number of rotatable bonds is 3. The molecule has 1 heterocycles. The fourth-order valence-corrected chi connectivity index (χ4v) is 1.11. The van der Waals surface area contributed by atoms with Crippen molar-refractivity contribution in [2.75, 3.05) is 13.2 Å². The second-order valence-electron chi connectivity index (χ2n) is 2.68. The molecule has 5 heteroatoms. The molecule has 1 aliphatic heterocycles. The van der Waals surface area contributed by atoms with Crippen LogP contribution in [0.4, 0.5) is 0 Å². The van der Waals surface area contributed by atoms with Crippen molar-refractivity contribution in [1.29, 1.82) is 0 Å². The molecule has 0 saturated carbocycles. The molecule has 1 rings (SSSR count). The molecule has 1 unspecified atom stereocenters. The molecule has 4 N–H and O–H groups in total. The third kappa shape index (κ3) is 6.92. The number of hydrogen-bond donors (Lipinski definition) is 4. The molecule has 80 valence electrons. The molecule has 0 aromatic heterocycles. The van der Waals surface area contributed by atoms with Crippen LogP contribution >= 0.6 is 0 Å². The topological polar surface area (TPSA) is 82.0 Å². The SMILES string of the molecule is CC.OC(O)(O)OCC1CCCN1. The van der Waals surface area contributed by atoms with Gasteiger partial charge in [0, 0.05) is 6.04 Å². The average Bonchev–Trinajstić information content (AvgIpc) is 2.55. The van der Waals surface area contributed by atoms with Crippen LogP contribution in [0.15, 0.2) is 0 Å². The van der Waals surface area contributed by atoms with E-state index in [2.05, 4.69) is 10.1 Å². The lowest BCUT2D eigenvalue weighted by Crippen LogP contribution is -2.37. The number of aliphatic hydroxyl groups is 3. The first-order chi connectivity index (χ1) is 6.08. The van der Waals surface area contributed by atoms with Crippen molar-refractivity contribution in [3.05, 3.63) is 0 Å². The fraction of sp³-hybridized carbons (Fsp3) is 1.00. The highest BCUT2D eigenvalue weighted by atomic mass is 16.9. The summed E-state index contributed by atoms with van der Waals surface area (Å²) in [5.41, 5.74) is 0. The molecule has 1 aliphatic rings. The summed E-state index contributed by atoms with van der Waals surface area (Å²) in [6.07, 6.45) is -0.982. The summed E-state index contributed by atoms with van der Waals surface area (Å²) >= 11 is 0. The van der Waals surface area contributed by atoms with Crippen LogP contribution in [0.5, 0.6) is 0 Å². The van der Waals surface area contributed by atoms with Crippen LogP contribution < -0.4 is 5.32 Å². The van der Waals surface area contributed by atoms with Gasteiger partial charge in [-0.05, 0) is 19.4 Å². The first kappa shape index (κ1) is 12.8. The monoisotopic (exact) mass is 193 g/mol. The Morgan fingerprint density at radius 3 is 2.38 bits per heavy atom. The average molecular weight is 193 g/mol. The van der Waals surface area contributed by atoms with Crippen LogP contribution in [-0.2, 0) is 4.74 Å². The third-order valence-electron chi connectivity index (χ3n) is 1.64. The van der Waals surface area contributed by atoms with E-state index in [0.29, 0.717) is 0 Å². The lowest BCUT2D eigenvalue weighted by molar-refractivity contribution is -0.455. The van der Waals surface area contributed by atoms with Crippen molar-refractivity contribution in [2.45, 2.75) is 38.9 Å². The quantitative estimate of drug-likeness (QED) is 0.449. The smallest absolute Gasteiger partial charge is 0.319 e. The predicted molar refractivity (Wildman–Crippen MR) is 47.7 cm³/mol. The van der Waals surface area contributed by atoms with Crippen molar-refractivity contribution in [3.63, 3.8) is 0 Å². The highest BCUT2D eigenvalue weighted by Crippen LogP contribution is 2.07. The van der Waals surface area contributed by atoms with Gasteiger partial charge in [0.1, 0.15) is 0 Å². The van der Waals surface area contributed by atoms with Gasteiger partial charge in [0.2, 0.25) is 0 Å². The van der Waals surface area contributed by atoms with Gasteiger partial charge in [0.25, 0.3) is 0 Å². The van der Waals surface area contributed by atoms with E-state index in [1.807, 2.05) is 13.8 Å². The molecule has 0 amide bonds. The van der Waals surface area contributed by atoms with Gasteiger partial charge in [-0.1, -0.05) is 13.8 Å². The largest absolute Gasteiger partial charge is 0.405 e. The summed E-state index contributed by atoms with van der Waals surface area (Å²) in [5, 5.41) is 28.1. The molecule has 13 heavy (non-hydrogen) atoms. The Labute approximate surface area is 78.3 Å². The molecule has 1 fully saturated rings. The molecule has 5 nitrogen and oxygen atoms in total. The molecule has 1 saturated heterocycles. The maximum absolute atomic E-state index is 8.34. The van der Waals surface area contributed by atoms with Crippen molar-refractivity contribution in [2.24, 2.45) is 0 Å². The van der Waals surface area contributed by atoms with E-state index in [1.54, 1.807) is 0 Å². The summed E-state index contributed by atoms with van der Waals surface area (Å²) in [7, 11) is 0. The summed E-state index contributed by atoms with van der Waals surface area (Å²) in [6.45, 7) is 5.03. The first-order valence-corrected chi connectivity index (χ1v) is 4.62. The summed E-state index contributed by atoms with van der Waals surface area (Å²) in [5.74, 6) is 0. The van der Waals surface area contributed by atoms with E-state index >= 15 is 0 Å². The highest BCUT2D eigenvalue weighted by molar-refractivity contribution is 4.73. The van der Waals surface area contributed by atoms with Crippen LogP contribution in [0.3, 0.4) is 0 Å². The lowest BCUT2D eigenvalue weighted by atomic mass is 10.2. The second-order valence-corrected chi connectivity index (χ2v) is 2.68. The van der Waals surface area contributed by atoms with Crippen molar-refractivity contribution >= 4 is 0 Å². The predicted octanol–water partition coefficient (Wildman–Crippen LogP) is -0.631. The van der Waals surface area contributed by atoms with E-state index in [4.69, 9.17) is 15.3 Å². The third-order valence-corrected chi connectivity index (χ3v) is 1.64. The van der Waals surface area contributed by atoms with Gasteiger partial charge in [-0.25, -0.2) is 0 Å². The number of hydrogen-bond acceptors (Lipinski definition) is 5. The van der Waals surface area contributed by atoms with E-state index in [0.717, 1.165) is 19.4 Å². The number of ether oxygens (including phenoxy) is 1. The lowest BCUT2D eigenvalue weighted by Gasteiger charge is -2.17. The Hall–Kier alpha value is -0.200. The van der Waals surface area contributed by atoms with Crippen LogP contribution in [-0.4, -0.2) is 40.7 Å². The molecular weight excluding hydrogens is 174 g/mol. The minimum Gasteiger partial charge on any atom is -0.319 e. The van der Waals surface area contributed by atoms with E-state index in [9.17, 15) is 0 Å². The fourth-order valence-electron chi connectivity index (χ4n) is 1.11. The first-order valence-electron chi connectivity index (χ1n) is 4.62. The van der Waals surface area contributed by atoms with Crippen LogP contribution in [0.2, 0.25) is 0 Å². The Kier molecular flexibility index (Phi) is 6.19. The normalized spacial score (nSPS) is 22.4. The van der Waals surface area contributed by atoms with Crippen LogP contribution in [0, 0.1) is 0 Å². The molecule has 0 spiro atoms. The molecule has 1 atom stereocenters. The number of nitrogens with one attached hydrogen (secondary N) is 1. The summed E-state index contributed by atoms with van der Waals surface area (Å²) in [6, 6.07) is 0.126. The molecule has 0 bridgehead atoms. The minimum atomic E-state index is -2.98. The molecule has 0 radical (unpaired) electrons. The summed E-state index contributed by atoms with van der Waals surface area (Å²) < 4.78 is 4.32. The Balaban J connectivity index is 0.000000671. The summed E-state index contributed by atoms with van der Waals surface area (Å²) in [4.78, 5) is 0. The Morgan fingerprint density at radius 1 is 1.38 bits per heavy atom. The zero-order valence-electron chi connectivity index (χ0n) is 8.16. The van der Waals surface area contributed by atoms with Gasteiger partial charge in [0.15, 0.2) is 0 Å². The maximum Gasteiger partial charge on any atom is 0.405 e. The van der Waals surface area contributed by atoms with Crippen molar-refractivity contribution < 1.29 is 20.1 Å². The molecular formula is C8H19NO4. The second kappa shape index (κ2) is 6.28. The standard InChI is InChI=1S/C6H13NO4.C2H6/c8-6(9,10)11-4-5-2-1-3-7-5;1-2/h5,7-10H,1-4H2;1-2H3. The minimum absolute atomic E-state index is 0.115. The van der Waals surface area contributed by atoms with E-state index < -0.39 is 6.16 Å². The van der Waals surface area contributed by atoms with Gasteiger partial charge in [-0.15, -0.1) is 0 Å². The highest BCUT2D eigenvalue weighted by Gasteiger charge is 2.23. The van der Waals surface area contributed by atoms with Gasteiger partial charge < -0.3 is 25.4 Å². The molecule has 0 aromatic rings. The zero-order valence-corrected chi connectivity index (χ0v) is 8.16. The van der Waals surface area contributed by atoms with Gasteiger partial charge >= 0.3 is 6.16 Å². The van der Waals surface area contributed by atoms with E-state index in [-0.39, 0.29) is 12.6 Å². The maximum atomic E-state index is 8.34. The van der Waals surface area contributed by atoms with Gasteiger partial charge in [-0.3, -0.25) is 0 Å². The van der Waals surface area contributed by atoms with Crippen LogP contribution in [0.1, 0.15) is 26.7 Å². The van der Waals surface area contributed by atoms with Crippen LogP contribution in [0.25, 0.3) is 0 Å². The molecule has 0 aromatic carbocycles. The van der Waals surface area contributed by atoms with Crippen molar-refractivity contribution in [1.82, 2.24) is 5.32 Å². The van der Waals surface area contributed by atoms with Gasteiger partial charge in [-0.2, -0.15) is 0 Å². The zero-order chi connectivity index (χ0) is 10.3.